The summed E-state index contributed by atoms with van der Waals surface area (Å²) in [6.07, 6.45) is 3.92. The zero-order chi connectivity index (χ0) is 74.1. The molecule has 6 aromatic rings. The number of carboxylic acid groups (broad SMARTS) is 1. The van der Waals surface area contributed by atoms with Gasteiger partial charge in [-0.3, -0.25) is 43.2 Å². The molecule has 0 bridgehead atoms. The van der Waals surface area contributed by atoms with E-state index in [-0.39, 0.29) is 70.9 Å². The third-order valence-corrected chi connectivity index (χ3v) is 17.5. The highest BCUT2D eigenvalue weighted by atomic mass is 16.4. The number of carboxylic acids is 1. The Hall–Kier alpha value is -10.2. The van der Waals surface area contributed by atoms with Gasteiger partial charge in [0.25, 0.3) is 0 Å². The van der Waals surface area contributed by atoms with Crippen LogP contribution in [0.1, 0.15) is 110 Å². The van der Waals surface area contributed by atoms with Gasteiger partial charge in [-0.1, -0.05) is 188 Å². The Bertz CT molecular complexity index is 3570. The second kappa shape index (κ2) is 45.6. The van der Waals surface area contributed by atoms with E-state index in [4.69, 9.17) is 28.7 Å². The number of amides is 9. The van der Waals surface area contributed by atoms with Crippen LogP contribution in [0, 0.1) is 0 Å². The molecule has 0 aliphatic carbocycles. The lowest BCUT2D eigenvalue weighted by Crippen LogP contribution is -2.61. The molecule has 20 N–H and O–H groups in total. The van der Waals surface area contributed by atoms with E-state index in [0.29, 0.717) is 98.7 Å². The van der Waals surface area contributed by atoms with Crippen molar-refractivity contribution in [3.8, 4) is 0 Å². The van der Waals surface area contributed by atoms with E-state index in [1.807, 2.05) is 6.07 Å². The van der Waals surface area contributed by atoms with Crippen LogP contribution in [0.5, 0.6) is 0 Å². The molecular weight excluding hydrogens is 1310 g/mol. The molecule has 0 unspecified atom stereocenters. The van der Waals surface area contributed by atoms with Gasteiger partial charge in [0.05, 0.1) is 6.04 Å². The van der Waals surface area contributed by atoms with Crippen LogP contribution in [0.3, 0.4) is 0 Å². The molecule has 0 saturated heterocycles. The predicted octanol–water partition coefficient (Wildman–Crippen LogP) is 2.73. The maximum Gasteiger partial charge on any atom is 0.326 e. The lowest BCUT2D eigenvalue weighted by Gasteiger charge is -2.29. The van der Waals surface area contributed by atoms with Gasteiger partial charge in [-0.15, -0.1) is 0 Å². The summed E-state index contributed by atoms with van der Waals surface area (Å²) in [6.45, 7) is 1.24. The molecule has 0 spiro atoms. The van der Waals surface area contributed by atoms with E-state index in [2.05, 4.69) is 47.9 Å². The summed E-state index contributed by atoms with van der Waals surface area (Å²) in [4.78, 5) is 145. The average Bonchev–Trinajstić information content (AvgIpc) is 0.852. The Balaban J connectivity index is 1.29. The van der Waals surface area contributed by atoms with E-state index >= 15 is 14.4 Å². The lowest BCUT2D eigenvalue weighted by atomic mass is 9.99. The number of carbonyl (C=O) groups excluding carboxylic acids is 9. The van der Waals surface area contributed by atoms with Gasteiger partial charge in [0, 0.05) is 38.5 Å². The van der Waals surface area contributed by atoms with E-state index in [0.717, 1.165) is 5.56 Å². The van der Waals surface area contributed by atoms with Gasteiger partial charge in [-0.25, -0.2) is 4.79 Å². The van der Waals surface area contributed by atoms with Gasteiger partial charge >= 0.3 is 5.97 Å². The second-order valence-electron chi connectivity index (χ2n) is 25.8. The van der Waals surface area contributed by atoms with Crippen LogP contribution in [-0.4, -0.2) is 151 Å². The van der Waals surface area contributed by atoms with Crippen molar-refractivity contribution in [2.75, 3.05) is 26.2 Å². The normalized spacial score (nSPS) is 14.0. The first-order valence-corrected chi connectivity index (χ1v) is 35.6. The van der Waals surface area contributed by atoms with Crippen LogP contribution in [0.4, 0.5) is 0 Å². The number of hydrogen-bond donors (Lipinski definition) is 15. The number of nitrogens with one attached hydrogen (secondary N) is 9. The summed E-state index contributed by atoms with van der Waals surface area (Å²) in [5.41, 5.74) is 33.5. The van der Waals surface area contributed by atoms with Crippen LogP contribution in [0.2, 0.25) is 0 Å². The fourth-order valence-corrected chi connectivity index (χ4v) is 11.7. The summed E-state index contributed by atoms with van der Waals surface area (Å²) >= 11 is 0. The Labute approximate surface area is 603 Å². The SMILES string of the molecule is NCCCC[C@H](NC(=O)[C@H](Cc1ccccc1)NC(=O)[C@H](Cc1ccccc1)NC(=O)[C@H](CCCCN)NC(=O)[C@H](CCCCN)NC(=O)[C@H](Cc1ccccc1)NC(=O)[C@H](Cc1ccccc1)NC(=O)[C@H](Cc1ccccc1)NC(=O)[C@H](Cc1ccccc1)NC(=O)[C@@H](N)CCCCN)C(=O)O. The van der Waals surface area contributed by atoms with Gasteiger partial charge < -0.3 is 81.6 Å². The van der Waals surface area contributed by atoms with Crippen molar-refractivity contribution < 1.29 is 53.1 Å². The molecule has 103 heavy (non-hydrogen) atoms. The average molecular weight is 1410 g/mol. The summed E-state index contributed by atoms with van der Waals surface area (Å²) in [5, 5.41) is 35.5. The maximum atomic E-state index is 15.2. The van der Waals surface area contributed by atoms with Crippen LogP contribution in [0.25, 0.3) is 0 Å². The Kier molecular flexibility index (Phi) is 36.2. The minimum Gasteiger partial charge on any atom is -0.480 e. The maximum absolute atomic E-state index is 15.2. The fourth-order valence-electron chi connectivity index (χ4n) is 11.7. The molecule has 0 fully saturated rings. The van der Waals surface area contributed by atoms with Gasteiger partial charge in [0.15, 0.2) is 0 Å². The molecule has 552 valence electrons. The van der Waals surface area contributed by atoms with Crippen molar-refractivity contribution in [1.29, 1.82) is 0 Å². The molecule has 0 saturated carbocycles. The first-order valence-electron chi connectivity index (χ1n) is 35.6. The van der Waals surface area contributed by atoms with Crippen LogP contribution < -0.4 is 76.5 Å². The van der Waals surface area contributed by atoms with E-state index in [1.54, 1.807) is 176 Å². The van der Waals surface area contributed by atoms with Crippen LogP contribution in [0.15, 0.2) is 182 Å². The monoisotopic (exact) mass is 1410 g/mol. The van der Waals surface area contributed by atoms with E-state index in [9.17, 15) is 38.7 Å². The van der Waals surface area contributed by atoms with Crippen LogP contribution >= 0.6 is 0 Å². The Morgan fingerprint density at radius 1 is 0.243 bits per heavy atom. The standard InChI is InChI=1S/C78H104N14O11/c79-43-23-19-39-59(83)69(93)87-63(47-53-27-7-1-8-28-53)74(98)91-67(51-57-35-15-5-16-36-57)77(101)92-68(52-58-37-17-6-18-38-58)76(100)89-64(48-54-29-9-2-10-30-54)72(96)85-60(40-20-24-44-80)70(94)84-61(41-21-25-45-81)71(95)88-66(50-56-33-13-4-14-34-56)75(99)90-65(49-55-31-11-3-12-32-55)73(97)86-62(78(102)103)42-22-26-46-82/h1-18,27-38,59-68H,19-26,39-52,79-83H2,(H,84,94)(H,85,96)(H,86,97)(H,87,93)(H,88,95)(H,89,100)(H,90,99)(H,91,98)(H,92,101)(H,102,103)/t59-,60-,61-,62-,63-,64-,65-,66-,67-,68-/m0/s1. The van der Waals surface area contributed by atoms with Crippen molar-refractivity contribution in [3.05, 3.63) is 215 Å². The predicted molar refractivity (Wildman–Crippen MR) is 395 cm³/mol. The molecule has 0 aromatic heterocycles. The van der Waals surface area contributed by atoms with E-state index < -0.39 is 120 Å². The number of aliphatic carboxylic acids is 1. The summed E-state index contributed by atoms with van der Waals surface area (Å²) in [5.74, 6) is -7.96. The highest BCUT2D eigenvalue weighted by Gasteiger charge is 2.37. The van der Waals surface area contributed by atoms with Crippen molar-refractivity contribution in [3.63, 3.8) is 0 Å². The summed E-state index contributed by atoms with van der Waals surface area (Å²) in [6, 6.07) is 40.4. The zero-order valence-electron chi connectivity index (χ0n) is 58.6. The Morgan fingerprint density at radius 3 is 0.631 bits per heavy atom. The quantitative estimate of drug-likeness (QED) is 0.0244. The zero-order valence-corrected chi connectivity index (χ0v) is 58.6. The van der Waals surface area contributed by atoms with Crippen LogP contribution in [-0.2, 0) is 86.5 Å². The summed E-state index contributed by atoms with van der Waals surface area (Å²) in [7, 11) is 0. The van der Waals surface area contributed by atoms with Crippen molar-refractivity contribution in [2.45, 2.75) is 176 Å². The van der Waals surface area contributed by atoms with Crippen molar-refractivity contribution in [1.82, 2.24) is 47.9 Å². The molecule has 0 aliphatic rings. The Morgan fingerprint density at radius 2 is 0.417 bits per heavy atom. The molecule has 9 amide bonds. The lowest BCUT2D eigenvalue weighted by molar-refractivity contribution is -0.142. The number of rotatable bonds is 47. The number of nitrogens with two attached hydrogens (primary N) is 5. The molecule has 10 atom stereocenters. The largest absolute Gasteiger partial charge is 0.480 e. The minimum atomic E-state index is -1.40. The molecular formula is C78H104N14O11. The molecule has 25 nitrogen and oxygen atoms in total. The van der Waals surface area contributed by atoms with Gasteiger partial charge in [0.2, 0.25) is 53.2 Å². The van der Waals surface area contributed by atoms with E-state index in [1.165, 1.54) is 0 Å². The third-order valence-electron chi connectivity index (χ3n) is 17.5. The highest BCUT2D eigenvalue weighted by Crippen LogP contribution is 2.16. The minimum absolute atomic E-state index is 0.0241. The highest BCUT2D eigenvalue weighted by molar-refractivity contribution is 5.99. The molecule has 25 heteroatoms. The van der Waals surface area contributed by atoms with Crippen molar-refractivity contribution >= 4 is 59.1 Å². The first-order chi connectivity index (χ1) is 49.9. The summed E-state index contributed by atoms with van der Waals surface area (Å²) < 4.78 is 0. The molecule has 0 heterocycles. The molecule has 0 aliphatic heterocycles. The topological polar surface area (TPSA) is 429 Å². The number of carbonyl (C=O) groups is 10. The van der Waals surface area contributed by atoms with Gasteiger partial charge in [-0.05, 0) is 130 Å². The van der Waals surface area contributed by atoms with Crippen molar-refractivity contribution in [2.24, 2.45) is 28.7 Å². The molecule has 6 rings (SSSR count). The smallest absolute Gasteiger partial charge is 0.326 e. The fraction of sp³-hybridized carbons (Fsp3) is 0.410. The second-order valence-corrected chi connectivity index (χ2v) is 25.8. The number of benzene rings is 6. The molecule has 6 aromatic carbocycles. The number of hydrogen-bond acceptors (Lipinski definition) is 15. The van der Waals surface area contributed by atoms with Gasteiger partial charge in [-0.2, -0.15) is 0 Å². The third kappa shape index (κ3) is 29.7. The number of unbranched alkanes of at least 4 members (excludes halogenated alkanes) is 4. The van der Waals surface area contributed by atoms with Gasteiger partial charge in [0.1, 0.15) is 54.4 Å². The molecule has 0 radical (unpaired) electrons. The first kappa shape index (κ1) is 81.8.